The van der Waals surface area contributed by atoms with Crippen molar-refractivity contribution in [2.24, 2.45) is 5.92 Å². The molecule has 35 heavy (non-hydrogen) atoms. The first-order valence-electron chi connectivity index (χ1n) is 11.2. The molecular weight excluding hydrogens is 464 g/mol. The summed E-state index contributed by atoms with van der Waals surface area (Å²) in [5.74, 6) is -0.830. The van der Waals surface area contributed by atoms with Gasteiger partial charge in [-0.1, -0.05) is 6.92 Å². The van der Waals surface area contributed by atoms with Crippen LogP contribution in [0.15, 0.2) is 43.0 Å². The largest absolute Gasteiger partial charge is 0.419 e. The lowest BCUT2D eigenvalue weighted by Gasteiger charge is -2.40. The molecule has 7 nitrogen and oxygen atoms in total. The molecule has 2 aromatic heterocycles. The third kappa shape index (κ3) is 5.39. The number of benzene rings is 1. The lowest BCUT2D eigenvalue weighted by atomic mass is 9.89. The number of nitrogens with one attached hydrogen (secondary N) is 1. The third-order valence-corrected chi connectivity index (χ3v) is 6.08. The van der Waals surface area contributed by atoms with E-state index in [1.165, 1.54) is 18.5 Å². The van der Waals surface area contributed by atoms with Gasteiger partial charge in [-0.3, -0.25) is 4.79 Å². The fraction of sp³-hybridized carbons (Fsp3) is 0.375. The summed E-state index contributed by atoms with van der Waals surface area (Å²) in [6.07, 6.45) is 1.51. The van der Waals surface area contributed by atoms with Crippen molar-refractivity contribution in [2.75, 3.05) is 18.4 Å². The minimum Gasteiger partial charge on any atom is -0.352 e. The number of likely N-dealkylation sites (tertiary alicyclic amines) is 1. The minimum absolute atomic E-state index is 0.0167. The molecule has 1 saturated heterocycles. The van der Waals surface area contributed by atoms with E-state index in [1.807, 2.05) is 6.92 Å². The van der Waals surface area contributed by atoms with Gasteiger partial charge < -0.3 is 10.2 Å². The summed E-state index contributed by atoms with van der Waals surface area (Å²) in [6, 6.07) is 4.26. The van der Waals surface area contributed by atoms with Crippen molar-refractivity contribution >= 4 is 11.9 Å². The van der Waals surface area contributed by atoms with Crippen LogP contribution in [-0.4, -0.2) is 49.9 Å². The van der Waals surface area contributed by atoms with E-state index in [2.05, 4.69) is 25.3 Å². The number of aryl methyl sites for hydroxylation is 1. The van der Waals surface area contributed by atoms with E-state index in [-0.39, 0.29) is 35.8 Å². The Kier molecular flexibility index (Phi) is 6.95. The van der Waals surface area contributed by atoms with E-state index in [4.69, 9.17) is 0 Å². The zero-order valence-corrected chi connectivity index (χ0v) is 19.2. The van der Waals surface area contributed by atoms with Crippen molar-refractivity contribution in [2.45, 2.75) is 38.9 Å². The standard InChI is InChI=1S/C24H24F4N6O/c1-14-9-17(21-29-6-4-7-30-21)20(18(25)10-14)22(35)34-8-3-5-15(2)19(34)13-33-23-31-11-16(12-32-23)24(26,27)28/h4,6-7,9-12,15,19H,3,5,8,13H2,1-2H3,(H,31,32,33). The summed E-state index contributed by atoms with van der Waals surface area (Å²) in [4.78, 5) is 31.2. The highest BCUT2D eigenvalue weighted by atomic mass is 19.4. The predicted molar refractivity (Wildman–Crippen MR) is 121 cm³/mol. The number of aromatic nitrogens is 4. The van der Waals surface area contributed by atoms with Crippen molar-refractivity contribution in [1.82, 2.24) is 24.8 Å². The summed E-state index contributed by atoms with van der Waals surface area (Å²) in [5.41, 5.74) is -0.113. The minimum atomic E-state index is -4.53. The molecule has 1 amide bonds. The SMILES string of the molecule is Cc1cc(F)c(C(=O)N2CCCC(C)C2CNc2ncc(C(F)(F)F)cn2)c(-c2ncccn2)c1. The van der Waals surface area contributed by atoms with Crippen LogP contribution >= 0.6 is 0 Å². The smallest absolute Gasteiger partial charge is 0.352 e. The van der Waals surface area contributed by atoms with Gasteiger partial charge >= 0.3 is 6.18 Å². The molecule has 3 heterocycles. The Morgan fingerprint density at radius 1 is 1.14 bits per heavy atom. The third-order valence-electron chi connectivity index (χ3n) is 6.08. The van der Waals surface area contributed by atoms with Crippen LogP contribution in [0.5, 0.6) is 0 Å². The number of rotatable bonds is 5. The molecule has 0 aliphatic carbocycles. The van der Waals surface area contributed by atoms with Crippen LogP contribution in [0.4, 0.5) is 23.5 Å². The molecular formula is C24H24F4N6O. The molecule has 2 atom stereocenters. The summed E-state index contributed by atoms with van der Waals surface area (Å²) in [7, 11) is 0. The molecule has 0 bridgehead atoms. The van der Waals surface area contributed by atoms with Gasteiger partial charge in [0.05, 0.1) is 17.2 Å². The molecule has 0 spiro atoms. The van der Waals surface area contributed by atoms with Gasteiger partial charge in [0.2, 0.25) is 5.95 Å². The Morgan fingerprint density at radius 3 is 2.49 bits per heavy atom. The molecule has 1 aliphatic heterocycles. The number of nitrogens with zero attached hydrogens (tertiary/aromatic N) is 5. The van der Waals surface area contributed by atoms with Crippen LogP contribution in [0.25, 0.3) is 11.4 Å². The molecule has 0 radical (unpaired) electrons. The summed E-state index contributed by atoms with van der Waals surface area (Å²) in [6.45, 7) is 4.31. The van der Waals surface area contributed by atoms with Gasteiger partial charge in [0, 0.05) is 43.4 Å². The fourth-order valence-corrected chi connectivity index (χ4v) is 4.29. The predicted octanol–water partition coefficient (Wildman–Crippen LogP) is 4.75. The highest BCUT2D eigenvalue weighted by Gasteiger charge is 2.35. The van der Waals surface area contributed by atoms with Crippen molar-refractivity contribution in [3.8, 4) is 11.4 Å². The second kappa shape index (κ2) is 9.93. The Labute approximate surface area is 199 Å². The van der Waals surface area contributed by atoms with Gasteiger partial charge in [-0.25, -0.2) is 24.3 Å². The van der Waals surface area contributed by atoms with Gasteiger partial charge in [0.1, 0.15) is 5.82 Å². The summed E-state index contributed by atoms with van der Waals surface area (Å²) < 4.78 is 53.5. The van der Waals surface area contributed by atoms with Gasteiger partial charge in [-0.2, -0.15) is 13.2 Å². The maximum absolute atomic E-state index is 15.2. The maximum atomic E-state index is 15.2. The van der Waals surface area contributed by atoms with Crippen molar-refractivity contribution in [1.29, 1.82) is 0 Å². The van der Waals surface area contributed by atoms with Crippen LogP contribution in [0.1, 0.15) is 41.3 Å². The molecule has 0 saturated carbocycles. The van der Waals surface area contributed by atoms with Gasteiger partial charge in [-0.05, 0) is 49.4 Å². The Bertz CT molecular complexity index is 1190. The second-order valence-electron chi connectivity index (χ2n) is 8.60. The number of carbonyl (C=O) groups excluding carboxylic acids is 1. The number of halogens is 4. The number of hydrogen-bond acceptors (Lipinski definition) is 6. The molecule has 2 unspecified atom stereocenters. The van der Waals surface area contributed by atoms with E-state index in [9.17, 15) is 18.0 Å². The number of hydrogen-bond donors (Lipinski definition) is 1. The van der Waals surface area contributed by atoms with Gasteiger partial charge in [0.25, 0.3) is 5.91 Å². The van der Waals surface area contributed by atoms with E-state index < -0.39 is 23.5 Å². The maximum Gasteiger partial charge on any atom is 0.419 e. The summed E-state index contributed by atoms with van der Waals surface area (Å²) >= 11 is 0. The van der Waals surface area contributed by atoms with E-state index >= 15 is 4.39 Å². The number of anilines is 1. The highest BCUT2D eigenvalue weighted by molar-refractivity contribution is 6.00. The topological polar surface area (TPSA) is 83.9 Å². The van der Waals surface area contributed by atoms with E-state index in [0.29, 0.717) is 30.1 Å². The average Bonchev–Trinajstić information content (AvgIpc) is 2.82. The molecule has 184 valence electrons. The Morgan fingerprint density at radius 2 is 1.83 bits per heavy atom. The van der Waals surface area contributed by atoms with Crippen molar-refractivity contribution in [3.63, 3.8) is 0 Å². The number of alkyl halides is 3. The number of carbonyl (C=O) groups is 1. The van der Waals surface area contributed by atoms with E-state index in [1.54, 1.807) is 24.0 Å². The first-order valence-corrected chi connectivity index (χ1v) is 11.2. The molecule has 11 heteroatoms. The molecule has 4 rings (SSSR count). The van der Waals surface area contributed by atoms with Crippen LogP contribution < -0.4 is 5.32 Å². The molecule has 1 aliphatic rings. The monoisotopic (exact) mass is 488 g/mol. The average molecular weight is 488 g/mol. The molecule has 1 fully saturated rings. The fourth-order valence-electron chi connectivity index (χ4n) is 4.29. The number of amides is 1. The van der Waals surface area contributed by atoms with Crippen LogP contribution in [-0.2, 0) is 6.18 Å². The zero-order chi connectivity index (χ0) is 25.2. The van der Waals surface area contributed by atoms with Crippen LogP contribution in [0.2, 0.25) is 0 Å². The van der Waals surface area contributed by atoms with Gasteiger partial charge in [-0.15, -0.1) is 0 Å². The van der Waals surface area contributed by atoms with Crippen LogP contribution in [0.3, 0.4) is 0 Å². The lowest BCUT2D eigenvalue weighted by Crippen LogP contribution is -2.51. The van der Waals surface area contributed by atoms with Crippen molar-refractivity contribution in [3.05, 3.63) is 65.5 Å². The van der Waals surface area contributed by atoms with Crippen LogP contribution in [0, 0.1) is 18.7 Å². The zero-order valence-electron chi connectivity index (χ0n) is 19.2. The van der Waals surface area contributed by atoms with Gasteiger partial charge in [0.15, 0.2) is 5.82 Å². The van der Waals surface area contributed by atoms with Crippen molar-refractivity contribution < 1.29 is 22.4 Å². The lowest BCUT2D eigenvalue weighted by molar-refractivity contribution is -0.138. The highest BCUT2D eigenvalue weighted by Crippen LogP contribution is 2.31. The summed E-state index contributed by atoms with van der Waals surface area (Å²) in [5, 5.41) is 2.93. The molecule has 1 aromatic carbocycles. The molecule has 3 aromatic rings. The Hall–Kier alpha value is -3.63. The second-order valence-corrected chi connectivity index (χ2v) is 8.60. The Balaban J connectivity index is 1.60. The molecule has 1 N–H and O–H groups in total. The van der Waals surface area contributed by atoms with E-state index in [0.717, 1.165) is 12.8 Å². The quantitative estimate of drug-likeness (QED) is 0.522. The number of piperidine rings is 1. The first-order chi connectivity index (χ1) is 16.6. The normalized spacial score (nSPS) is 18.4. The first kappa shape index (κ1) is 24.5.